The average molecular weight is 294 g/mol. The molecule has 114 valence electrons. The van der Waals surface area contributed by atoms with Crippen molar-refractivity contribution in [2.45, 2.75) is 12.5 Å². The second kappa shape index (κ2) is 6.80. The van der Waals surface area contributed by atoms with Gasteiger partial charge in [-0.15, -0.1) is 6.58 Å². The van der Waals surface area contributed by atoms with Crippen LogP contribution < -0.4 is 4.74 Å². The van der Waals surface area contributed by atoms with Crippen LogP contribution in [0.2, 0.25) is 0 Å². The molecule has 2 heteroatoms. The van der Waals surface area contributed by atoms with Crippen LogP contribution >= 0.6 is 0 Å². The Morgan fingerprint density at radius 1 is 1.18 bits per heavy atom. The summed E-state index contributed by atoms with van der Waals surface area (Å²) in [4.78, 5) is 0. The number of ether oxygens (including phenoxy) is 2. The molecule has 1 heterocycles. The van der Waals surface area contributed by atoms with Crippen molar-refractivity contribution in [3.05, 3.63) is 78.4 Å². The summed E-state index contributed by atoms with van der Waals surface area (Å²) in [6.07, 6.45) is 3.15. The summed E-state index contributed by atoms with van der Waals surface area (Å²) in [5, 5.41) is 0. The molecular formula is C20H22O2. The molecule has 0 aliphatic carbocycles. The van der Waals surface area contributed by atoms with Gasteiger partial charge < -0.3 is 9.47 Å². The van der Waals surface area contributed by atoms with Gasteiger partial charge >= 0.3 is 0 Å². The van der Waals surface area contributed by atoms with Crippen molar-refractivity contribution in [3.63, 3.8) is 0 Å². The topological polar surface area (TPSA) is 18.5 Å². The standard InChI is InChI=1S/C20H22O2/c1-3-19-17(12-15-8-7-11-18(13-15)21-2)14-22-20(19)16-9-5-4-6-10-16/h3-11,13,17,19-20H,1,12,14H2,2H3/t17-,19+,20+/m0/s1. The van der Waals surface area contributed by atoms with Crippen molar-refractivity contribution in [3.8, 4) is 5.75 Å². The largest absolute Gasteiger partial charge is 0.497 e. The molecule has 1 aliphatic rings. The van der Waals surface area contributed by atoms with E-state index in [0.29, 0.717) is 11.8 Å². The van der Waals surface area contributed by atoms with Gasteiger partial charge in [-0.3, -0.25) is 0 Å². The monoisotopic (exact) mass is 294 g/mol. The van der Waals surface area contributed by atoms with Crippen LogP contribution in [-0.4, -0.2) is 13.7 Å². The fraction of sp³-hybridized carbons (Fsp3) is 0.300. The smallest absolute Gasteiger partial charge is 0.119 e. The van der Waals surface area contributed by atoms with E-state index >= 15 is 0 Å². The van der Waals surface area contributed by atoms with Crippen molar-refractivity contribution in [1.82, 2.24) is 0 Å². The van der Waals surface area contributed by atoms with E-state index in [1.165, 1.54) is 11.1 Å². The van der Waals surface area contributed by atoms with Gasteiger partial charge in [0.25, 0.3) is 0 Å². The normalized spacial score (nSPS) is 24.1. The molecule has 0 bridgehead atoms. The number of rotatable bonds is 5. The Hall–Kier alpha value is -2.06. The van der Waals surface area contributed by atoms with Gasteiger partial charge in [-0.2, -0.15) is 0 Å². The molecule has 22 heavy (non-hydrogen) atoms. The van der Waals surface area contributed by atoms with E-state index in [9.17, 15) is 0 Å². The highest BCUT2D eigenvalue weighted by Gasteiger charge is 2.35. The highest BCUT2D eigenvalue weighted by molar-refractivity contribution is 5.29. The molecule has 1 fully saturated rings. The Kier molecular flexibility index (Phi) is 4.59. The van der Waals surface area contributed by atoms with Crippen LogP contribution in [0.15, 0.2) is 67.3 Å². The lowest BCUT2D eigenvalue weighted by molar-refractivity contribution is 0.0977. The first-order valence-corrected chi connectivity index (χ1v) is 7.74. The molecule has 2 nitrogen and oxygen atoms in total. The van der Waals surface area contributed by atoms with E-state index in [4.69, 9.17) is 9.47 Å². The van der Waals surface area contributed by atoms with Crippen LogP contribution in [0.5, 0.6) is 5.75 Å². The minimum absolute atomic E-state index is 0.120. The summed E-state index contributed by atoms with van der Waals surface area (Å²) < 4.78 is 11.4. The van der Waals surface area contributed by atoms with Gasteiger partial charge in [-0.05, 0) is 35.6 Å². The highest BCUT2D eigenvalue weighted by Crippen LogP contribution is 2.40. The maximum absolute atomic E-state index is 6.08. The molecule has 0 spiro atoms. The van der Waals surface area contributed by atoms with Gasteiger partial charge in [0.15, 0.2) is 0 Å². The molecular weight excluding hydrogens is 272 g/mol. The van der Waals surface area contributed by atoms with Crippen LogP contribution in [0.3, 0.4) is 0 Å². The fourth-order valence-corrected chi connectivity index (χ4v) is 3.27. The Labute approximate surface area is 132 Å². The Bertz CT molecular complexity index is 621. The van der Waals surface area contributed by atoms with Crippen molar-refractivity contribution < 1.29 is 9.47 Å². The van der Waals surface area contributed by atoms with E-state index in [1.807, 2.05) is 18.2 Å². The summed E-state index contributed by atoms with van der Waals surface area (Å²) >= 11 is 0. The number of hydrogen-bond acceptors (Lipinski definition) is 2. The molecule has 3 atom stereocenters. The van der Waals surface area contributed by atoms with Crippen molar-refractivity contribution in [2.75, 3.05) is 13.7 Å². The third-order valence-electron chi connectivity index (χ3n) is 4.42. The van der Waals surface area contributed by atoms with Crippen molar-refractivity contribution >= 4 is 0 Å². The first-order valence-electron chi connectivity index (χ1n) is 7.74. The summed E-state index contributed by atoms with van der Waals surface area (Å²) in [6.45, 7) is 4.81. The zero-order valence-electron chi connectivity index (χ0n) is 12.9. The highest BCUT2D eigenvalue weighted by atomic mass is 16.5. The molecule has 0 amide bonds. The second-order valence-electron chi connectivity index (χ2n) is 5.79. The van der Waals surface area contributed by atoms with E-state index in [0.717, 1.165) is 18.8 Å². The van der Waals surface area contributed by atoms with Gasteiger partial charge in [0, 0.05) is 5.92 Å². The molecule has 0 unspecified atom stereocenters. The predicted molar refractivity (Wildman–Crippen MR) is 89.0 cm³/mol. The zero-order valence-corrected chi connectivity index (χ0v) is 12.9. The van der Waals surface area contributed by atoms with Crippen LogP contribution in [0.4, 0.5) is 0 Å². The second-order valence-corrected chi connectivity index (χ2v) is 5.79. The van der Waals surface area contributed by atoms with Crippen molar-refractivity contribution in [2.24, 2.45) is 11.8 Å². The molecule has 3 rings (SSSR count). The minimum atomic E-state index is 0.120. The van der Waals surface area contributed by atoms with E-state index in [2.05, 4.69) is 49.1 Å². The van der Waals surface area contributed by atoms with Crippen LogP contribution in [0, 0.1) is 11.8 Å². The third-order valence-corrected chi connectivity index (χ3v) is 4.42. The maximum Gasteiger partial charge on any atom is 0.119 e. The fourth-order valence-electron chi connectivity index (χ4n) is 3.27. The Morgan fingerprint density at radius 2 is 2.00 bits per heavy atom. The molecule has 1 saturated heterocycles. The van der Waals surface area contributed by atoms with Gasteiger partial charge in [-0.1, -0.05) is 48.5 Å². The summed E-state index contributed by atoms with van der Waals surface area (Å²) in [5.74, 6) is 1.70. The first-order chi connectivity index (χ1) is 10.8. The summed E-state index contributed by atoms with van der Waals surface area (Å²) in [6, 6.07) is 18.7. The lowest BCUT2D eigenvalue weighted by Gasteiger charge is -2.20. The molecule has 0 aromatic heterocycles. The molecule has 2 aromatic carbocycles. The van der Waals surface area contributed by atoms with Crippen LogP contribution in [0.25, 0.3) is 0 Å². The average Bonchev–Trinajstić information content (AvgIpc) is 2.98. The quantitative estimate of drug-likeness (QED) is 0.760. The van der Waals surface area contributed by atoms with E-state index in [1.54, 1.807) is 7.11 Å². The minimum Gasteiger partial charge on any atom is -0.497 e. The molecule has 0 radical (unpaired) electrons. The van der Waals surface area contributed by atoms with Gasteiger partial charge in [0.2, 0.25) is 0 Å². The van der Waals surface area contributed by atoms with Gasteiger partial charge in [0.05, 0.1) is 19.8 Å². The number of benzene rings is 2. The predicted octanol–water partition coefficient (Wildman–Crippen LogP) is 4.43. The molecule has 2 aromatic rings. The SMILES string of the molecule is C=C[C@@H]1[C@@H](Cc2cccc(OC)c2)CO[C@@H]1c1ccccc1. The van der Waals surface area contributed by atoms with Crippen LogP contribution in [-0.2, 0) is 11.2 Å². The third kappa shape index (κ3) is 3.07. The van der Waals surface area contributed by atoms with Crippen molar-refractivity contribution in [1.29, 1.82) is 0 Å². The van der Waals surface area contributed by atoms with Gasteiger partial charge in [-0.25, -0.2) is 0 Å². The van der Waals surface area contributed by atoms with E-state index < -0.39 is 0 Å². The molecule has 0 N–H and O–H groups in total. The summed E-state index contributed by atoms with van der Waals surface area (Å²) in [5.41, 5.74) is 2.52. The first kappa shape index (κ1) is 14.9. The van der Waals surface area contributed by atoms with Crippen LogP contribution in [0.1, 0.15) is 17.2 Å². The molecule has 1 aliphatic heterocycles. The summed E-state index contributed by atoms with van der Waals surface area (Å²) in [7, 11) is 1.70. The Balaban J connectivity index is 1.76. The number of methoxy groups -OCH3 is 1. The van der Waals surface area contributed by atoms with E-state index in [-0.39, 0.29) is 6.10 Å². The maximum atomic E-state index is 6.08. The Morgan fingerprint density at radius 3 is 2.73 bits per heavy atom. The lowest BCUT2D eigenvalue weighted by atomic mass is 9.84. The lowest BCUT2D eigenvalue weighted by Crippen LogP contribution is -2.15. The zero-order chi connectivity index (χ0) is 15.4. The number of hydrogen-bond donors (Lipinski definition) is 0. The van der Waals surface area contributed by atoms with Gasteiger partial charge in [0.1, 0.15) is 5.75 Å². The molecule has 0 saturated carbocycles.